The molecule has 2 rings (SSSR count). The van der Waals surface area contributed by atoms with Crippen LogP contribution in [-0.4, -0.2) is 18.1 Å². The van der Waals surface area contributed by atoms with Crippen LogP contribution in [-0.2, 0) is 6.54 Å². The van der Waals surface area contributed by atoms with Crippen LogP contribution in [0.25, 0.3) is 0 Å². The predicted octanol–water partition coefficient (Wildman–Crippen LogP) is 3.80. The fraction of sp³-hybridized carbons (Fsp3) is 0.667. The number of halogens is 1. The first-order valence-electron chi connectivity index (χ1n) is 7.27. The quantitative estimate of drug-likeness (QED) is 0.773. The highest BCUT2D eigenvalue weighted by Crippen LogP contribution is 2.27. The zero-order valence-corrected chi connectivity index (χ0v) is 12.4. The highest BCUT2D eigenvalue weighted by molar-refractivity contribution is 6.31. The van der Waals surface area contributed by atoms with E-state index in [1.165, 1.54) is 25.7 Å². The fourth-order valence-electron chi connectivity index (χ4n) is 2.45. The van der Waals surface area contributed by atoms with Gasteiger partial charge in [-0.25, -0.2) is 4.98 Å². The van der Waals surface area contributed by atoms with Crippen molar-refractivity contribution < 1.29 is 4.74 Å². The van der Waals surface area contributed by atoms with Crippen LogP contribution in [0.15, 0.2) is 12.3 Å². The van der Waals surface area contributed by atoms with Gasteiger partial charge in [0.25, 0.3) is 0 Å². The first-order chi connectivity index (χ1) is 9.29. The number of ether oxygens (including phenoxy) is 1. The van der Waals surface area contributed by atoms with E-state index in [2.05, 4.69) is 17.2 Å². The molecule has 1 aliphatic rings. The van der Waals surface area contributed by atoms with Crippen LogP contribution in [0.2, 0.25) is 5.02 Å². The Balaban J connectivity index is 1.83. The maximum absolute atomic E-state index is 6.21. The van der Waals surface area contributed by atoms with Gasteiger partial charge in [-0.2, -0.15) is 0 Å². The molecule has 0 unspecified atom stereocenters. The van der Waals surface area contributed by atoms with Crippen molar-refractivity contribution in [1.82, 2.24) is 10.3 Å². The minimum Gasteiger partial charge on any atom is -0.476 e. The van der Waals surface area contributed by atoms with Gasteiger partial charge in [-0.05, 0) is 43.4 Å². The van der Waals surface area contributed by atoms with Gasteiger partial charge in [0.05, 0.1) is 6.61 Å². The largest absolute Gasteiger partial charge is 0.476 e. The molecular weight excluding hydrogens is 260 g/mol. The van der Waals surface area contributed by atoms with Crippen LogP contribution < -0.4 is 10.1 Å². The Kier molecular flexibility index (Phi) is 5.93. The van der Waals surface area contributed by atoms with Crippen LogP contribution in [0.1, 0.15) is 44.6 Å². The first-order valence-corrected chi connectivity index (χ1v) is 7.65. The van der Waals surface area contributed by atoms with E-state index in [-0.39, 0.29) is 0 Å². The summed E-state index contributed by atoms with van der Waals surface area (Å²) in [5.74, 6) is 1.26. The van der Waals surface area contributed by atoms with Gasteiger partial charge < -0.3 is 10.1 Å². The monoisotopic (exact) mass is 282 g/mol. The third-order valence-electron chi connectivity index (χ3n) is 3.55. The van der Waals surface area contributed by atoms with Gasteiger partial charge in [-0.15, -0.1) is 0 Å². The number of rotatable bonds is 7. The second kappa shape index (κ2) is 7.71. The topological polar surface area (TPSA) is 34.2 Å². The van der Waals surface area contributed by atoms with Crippen molar-refractivity contribution in [2.24, 2.45) is 5.92 Å². The van der Waals surface area contributed by atoms with Crippen molar-refractivity contribution in [2.45, 2.75) is 45.6 Å². The molecule has 4 heteroatoms. The molecule has 0 bridgehead atoms. The molecule has 0 saturated heterocycles. The second-order valence-corrected chi connectivity index (χ2v) is 5.68. The van der Waals surface area contributed by atoms with Gasteiger partial charge in [-0.1, -0.05) is 31.4 Å². The molecule has 1 aromatic rings. The van der Waals surface area contributed by atoms with E-state index < -0.39 is 0 Å². The van der Waals surface area contributed by atoms with Gasteiger partial charge in [0.15, 0.2) is 0 Å². The molecule has 1 fully saturated rings. The predicted molar refractivity (Wildman–Crippen MR) is 78.7 cm³/mol. The maximum Gasteiger partial charge on any atom is 0.232 e. The van der Waals surface area contributed by atoms with Crippen molar-refractivity contribution in [1.29, 1.82) is 0 Å². The Morgan fingerprint density at radius 1 is 1.42 bits per heavy atom. The van der Waals surface area contributed by atoms with E-state index in [4.69, 9.17) is 16.3 Å². The third kappa shape index (κ3) is 4.66. The SMILES string of the molecule is CCCNCc1cnc(OCC2CCCC2)c(Cl)c1. The second-order valence-electron chi connectivity index (χ2n) is 5.27. The lowest BCUT2D eigenvalue weighted by Crippen LogP contribution is -2.14. The molecule has 1 saturated carbocycles. The number of aromatic nitrogens is 1. The van der Waals surface area contributed by atoms with Crippen molar-refractivity contribution in [3.63, 3.8) is 0 Å². The Hall–Kier alpha value is -0.800. The molecule has 0 aliphatic heterocycles. The van der Waals surface area contributed by atoms with Crippen LogP contribution in [0.4, 0.5) is 0 Å². The summed E-state index contributed by atoms with van der Waals surface area (Å²) in [5, 5.41) is 3.95. The van der Waals surface area contributed by atoms with Crippen molar-refractivity contribution >= 4 is 11.6 Å². The van der Waals surface area contributed by atoms with Crippen molar-refractivity contribution in [3.05, 3.63) is 22.8 Å². The molecule has 1 aliphatic carbocycles. The average Bonchev–Trinajstić information content (AvgIpc) is 2.91. The lowest BCUT2D eigenvalue weighted by Gasteiger charge is -2.12. The van der Waals surface area contributed by atoms with Crippen LogP contribution in [0.3, 0.4) is 0 Å². The Bertz CT molecular complexity index is 392. The molecule has 1 aromatic heterocycles. The van der Waals surface area contributed by atoms with Gasteiger partial charge in [0.1, 0.15) is 5.02 Å². The highest BCUT2D eigenvalue weighted by atomic mass is 35.5. The van der Waals surface area contributed by atoms with E-state index in [0.717, 1.165) is 31.7 Å². The summed E-state index contributed by atoms with van der Waals surface area (Å²) in [6.45, 7) is 4.72. The summed E-state index contributed by atoms with van der Waals surface area (Å²) in [6, 6.07) is 1.95. The normalized spacial score (nSPS) is 15.9. The van der Waals surface area contributed by atoms with E-state index in [0.29, 0.717) is 16.8 Å². The van der Waals surface area contributed by atoms with Crippen LogP contribution >= 0.6 is 11.6 Å². The summed E-state index contributed by atoms with van der Waals surface area (Å²) >= 11 is 6.21. The maximum atomic E-state index is 6.21. The van der Waals surface area contributed by atoms with Crippen LogP contribution in [0, 0.1) is 5.92 Å². The summed E-state index contributed by atoms with van der Waals surface area (Å²) < 4.78 is 5.74. The standard InChI is InChI=1S/C15H23ClN2O/c1-2-7-17-9-13-8-14(16)15(18-10-13)19-11-12-5-3-4-6-12/h8,10,12,17H,2-7,9,11H2,1H3. The molecule has 1 N–H and O–H groups in total. The molecule has 106 valence electrons. The van der Waals surface area contributed by atoms with Gasteiger partial charge >= 0.3 is 0 Å². The number of nitrogens with zero attached hydrogens (tertiary/aromatic N) is 1. The molecule has 0 spiro atoms. The Morgan fingerprint density at radius 3 is 2.89 bits per heavy atom. The number of hydrogen-bond donors (Lipinski definition) is 1. The van der Waals surface area contributed by atoms with Gasteiger partial charge in [0, 0.05) is 12.7 Å². The zero-order chi connectivity index (χ0) is 13.5. The molecule has 0 atom stereocenters. The lowest BCUT2D eigenvalue weighted by molar-refractivity contribution is 0.243. The summed E-state index contributed by atoms with van der Waals surface area (Å²) in [6.07, 6.45) is 8.18. The molecular formula is C15H23ClN2O. The molecule has 19 heavy (non-hydrogen) atoms. The third-order valence-corrected chi connectivity index (χ3v) is 3.82. The number of pyridine rings is 1. The van der Waals surface area contributed by atoms with Gasteiger partial charge in [0.2, 0.25) is 5.88 Å². The molecule has 0 aromatic carbocycles. The van der Waals surface area contributed by atoms with Crippen molar-refractivity contribution in [3.8, 4) is 5.88 Å². The fourth-order valence-corrected chi connectivity index (χ4v) is 2.69. The molecule has 0 radical (unpaired) electrons. The van der Waals surface area contributed by atoms with E-state index in [1.807, 2.05) is 12.3 Å². The summed E-state index contributed by atoms with van der Waals surface area (Å²) in [7, 11) is 0. The lowest BCUT2D eigenvalue weighted by atomic mass is 10.1. The van der Waals surface area contributed by atoms with Gasteiger partial charge in [-0.3, -0.25) is 0 Å². The smallest absolute Gasteiger partial charge is 0.232 e. The molecule has 0 amide bonds. The number of nitrogens with one attached hydrogen (secondary N) is 1. The summed E-state index contributed by atoms with van der Waals surface area (Å²) in [4.78, 5) is 4.32. The molecule has 1 heterocycles. The zero-order valence-electron chi connectivity index (χ0n) is 11.6. The number of hydrogen-bond acceptors (Lipinski definition) is 3. The first kappa shape index (κ1) is 14.6. The minimum atomic E-state index is 0.577. The van der Waals surface area contributed by atoms with E-state index in [9.17, 15) is 0 Å². The Labute approximate surface area is 120 Å². The average molecular weight is 283 g/mol. The summed E-state index contributed by atoms with van der Waals surface area (Å²) in [5.41, 5.74) is 1.10. The minimum absolute atomic E-state index is 0.577. The van der Waals surface area contributed by atoms with Crippen molar-refractivity contribution in [2.75, 3.05) is 13.2 Å². The Morgan fingerprint density at radius 2 is 2.21 bits per heavy atom. The van der Waals surface area contributed by atoms with E-state index >= 15 is 0 Å². The van der Waals surface area contributed by atoms with Crippen LogP contribution in [0.5, 0.6) is 5.88 Å². The van der Waals surface area contributed by atoms with E-state index in [1.54, 1.807) is 0 Å². The highest BCUT2D eigenvalue weighted by Gasteiger charge is 2.16. The molecule has 3 nitrogen and oxygen atoms in total.